The molecule has 1 aromatic carbocycles. The van der Waals surface area contributed by atoms with Crippen LogP contribution in [0, 0.1) is 6.92 Å². The average molecular weight is 411 g/mol. The number of hydrogen-bond donors (Lipinski definition) is 0. The lowest BCUT2D eigenvalue weighted by atomic mass is 10.1. The maximum absolute atomic E-state index is 13.9. The zero-order chi connectivity index (χ0) is 20.2. The van der Waals surface area contributed by atoms with Gasteiger partial charge >= 0.3 is 6.18 Å². The van der Waals surface area contributed by atoms with Crippen molar-refractivity contribution in [3.63, 3.8) is 0 Å². The van der Waals surface area contributed by atoms with E-state index >= 15 is 0 Å². The minimum atomic E-state index is -4.55. The summed E-state index contributed by atoms with van der Waals surface area (Å²) in [7, 11) is 0. The molecule has 0 amide bonds. The molecule has 0 bridgehead atoms. The molecule has 29 heavy (non-hydrogen) atoms. The lowest BCUT2D eigenvalue weighted by molar-refractivity contribution is -0.136. The number of halogens is 3. The smallest absolute Gasteiger partial charge is 0.264 e. The Labute approximate surface area is 166 Å². The lowest BCUT2D eigenvalue weighted by Gasteiger charge is -2.11. The number of rotatable bonds is 2. The van der Waals surface area contributed by atoms with E-state index in [1.807, 2.05) is 24.3 Å². The fourth-order valence-electron chi connectivity index (χ4n) is 3.26. The molecule has 0 saturated heterocycles. The normalized spacial score (nSPS) is 12.1. The molecule has 5 aromatic rings. The Morgan fingerprint density at radius 3 is 2.59 bits per heavy atom. The van der Waals surface area contributed by atoms with Crippen molar-refractivity contribution in [1.82, 2.24) is 24.7 Å². The fourth-order valence-corrected chi connectivity index (χ4v) is 4.18. The molecule has 0 saturated carbocycles. The highest BCUT2D eigenvalue weighted by molar-refractivity contribution is 7.20. The highest BCUT2D eigenvalue weighted by atomic mass is 32.1. The molecule has 4 aromatic heterocycles. The SMILES string of the molecule is Cc1nn(-c2nc3ccccc3s2)c2nc(-c3cccnc3)cc(C(F)(F)F)c12. The van der Waals surface area contributed by atoms with Gasteiger partial charge in [0, 0.05) is 18.0 Å². The van der Waals surface area contributed by atoms with Crippen molar-refractivity contribution in [2.75, 3.05) is 0 Å². The first-order valence-electron chi connectivity index (χ1n) is 8.66. The van der Waals surface area contributed by atoms with Crippen molar-refractivity contribution < 1.29 is 13.2 Å². The van der Waals surface area contributed by atoms with E-state index in [2.05, 4.69) is 20.1 Å². The third kappa shape index (κ3) is 2.94. The Kier molecular flexibility index (Phi) is 3.88. The molecule has 4 heterocycles. The van der Waals surface area contributed by atoms with Gasteiger partial charge in [0.25, 0.3) is 0 Å². The second-order valence-corrected chi connectivity index (χ2v) is 7.46. The molecule has 9 heteroatoms. The summed E-state index contributed by atoms with van der Waals surface area (Å²) in [5.41, 5.74) is 1.03. The highest BCUT2D eigenvalue weighted by Crippen LogP contribution is 2.39. The molecule has 0 aliphatic carbocycles. The van der Waals surface area contributed by atoms with Gasteiger partial charge in [-0.3, -0.25) is 4.98 Å². The first-order valence-corrected chi connectivity index (χ1v) is 9.47. The number of aryl methyl sites for hydroxylation is 1. The molecule has 5 rings (SSSR count). The Morgan fingerprint density at radius 1 is 1.03 bits per heavy atom. The van der Waals surface area contributed by atoms with Gasteiger partial charge in [-0.1, -0.05) is 23.5 Å². The van der Waals surface area contributed by atoms with Crippen LogP contribution in [-0.4, -0.2) is 24.7 Å². The van der Waals surface area contributed by atoms with E-state index in [1.54, 1.807) is 25.3 Å². The van der Waals surface area contributed by atoms with Gasteiger partial charge in [0.05, 0.1) is 32.6 Å². The number of nitrogens with zero attached hydrogens (tertiary/aromatic N) is 5. The number of para-hydroxylation sites is 1. The second kappa shape index (κ2) is 6.35. The van der Waals surface area contributed by atoms with Crippen molar-refractivity contribution >= 4 is 32.6 Å². The zero-order valence-electron chi connectivity index (χ0n) is 15.0. The van der Waals surface area contributed by atoms with E-state index in [9.17, 15) is 13.2 Å². The lowest BCUT2D eigenvalue weighted by Crippen LogP contribution is -2.08. The van der Waals surface area contributed by atoms with Crippen molar-refractivity contribution in [3.05, 3.63) is 66.1 Å². The number of hydrogen-bond acceptors (Lipinski definition) is 5. The van der Waals surface area contributed by atoms with Gasteiger partial charge < -0.3 is 0 Å². The number of thiazole rings is 1. The molecular formula is C20H12F3N5S. The summed E-state index contributed by atoms with van der Waals surface area (Å²) >= 11 is 1.35. The summed E-state index contributed by atoms with van der Waals surface area (Å²) in [6, 6.07) is 11.9. The zero-order valence-corrected chi connectivity index (χ0v) is 15.8. The van der Waals surface area contributed by atoms with Crippen LogP contribution in [0.4, 0.5) is 13.2 Å². The van der Waals surface area contributed by atoms with E-state index < -0.39 is 11.7 Å². The molecule has 0 radical (unpaired) electrons. The molecular weight excluding hydrogens is 399 g/mol. The summed E-state index contributed by atoms with van der Waals surface area (Å²) in [6.45, 7) is 1.55. The van der Waals surface area contributed by atoms with Crippen LogP contribution in [0.3, 0.4) is 0 Å². The molecule has 0 fully saturated rings. The summed E-state index contributed by atoms with van der Waals surface area (Å²) in [5.74, 6) is 0. The number of benzene rings is 1. The Bertz CT molecular complexity index is 1320. The molecule has 0 aliphatic heterocycles. The summed E-state index contributed by atoms with van der Waals surface area (Å²) in [4.78, 5) is 13.0. The van der Waals surface area contributed by atoms with Gasteiger partial charge in [-0.05, 0) is 37.3 Å². The van der Waals surface area contributed by atoms with Gasteiger partial charge in [-0.15, -0.1) is 0 Å². The molecule has 0 unspecified atom stereocenters. The quantitative estimate of drug-likeness (QED) is 0.389. The minimum Gasteiger partial charge on any atom is -0.264 e. The molecule has 0 atom stereocenters. The van der Waals surface area contributed by atoms with E-state index in [4.69, 9.17) is 0 Å². The van der Waals surface area contributed by atoms with Gasteiger partial charge in [0.15, 0.2) is 5.65 Å². The third-order valence-corrected chi connectivity index (χ3v) is 5.55. The van der Waals surface area contributed by atoms with Crippen molar-refractivity contribution in [3.8, 4) is 16.4 Å². The van der Waals surface area contributed by atoms with E-state index in [1.165, 1.54) is 22.2 Å². The molecule has 0 aliphatic rings. The summed E-state index contributed by atoms with van der Waals surface area (Å²) in [5, 5.41) is 4.79. The predicted octanol–water partition coefficient (Wildman–Crippen LogP) is 5.42. The Morgan fingerprint density at radius 2 is 1.86 bits per heavy atom. The monoisotopic (exact) mass is 411 g/mol. The van der Waals surface area contributed by atoms with Crippen LogP contribution in [0.25, 0.3) is 37.6 Å². The molecule has 0 spiro atoms. The van der Waals surface area contributed by atoms with Crippen LogP contribution >= 0.6 is 11.3 Å². The average Bonchev–Trinajstić information content (AvgIpc) is 3.28. The standard InChI is InChI=1S/C20H12F3N5S/c1-11-17-13(20(21,22)23)9-15(12-5-4-8-24-10-12)25-18(17)28(27-11)19-26-14-6-2-3-7-16(14)29-19/h2-10H,1H3. The van der Waals surface area contributed by atoms with Crippen LogP contribution in [0.2, 0.25) is 0 Å². The molecule has 144 valence electrons. The molecule has 0 N–H and O–H groups in total. The summed E-state index contributed by atoms with van der Waals surface area (Å²) < 4.78 is 44.0. The van der Waals surface area contributed by atoms with E-state index in [0.717, 1.165) is 16.3 Å². The fraction of sp³-hybridized carbons (Fsp3) is 0.100. The van der Waals surface area contributed by atoms with Gasteiger partial charge in [0.1, 0.15) is 0 Å². The van der Waals surface area contributed by atoms with E-state index in [0.29, 0.717) is 10.7 Å². The maximum Gasteiger partial charge on any atom is 0.417 e. The van der Waals surface area contributed by atoms with Crippen molar-refractivity contribution in [2.24, 2.45) is 0 Å². The van der Waals surface area contributed by atoms with Crippen LogP contribution in [0.1, 0.15) is 11.3 Å². The Balaban J connectivity index is 1.84. The number of alkyl halides is 3. The number of aromatic nitrogens is 5. The maximum atomic E-state index is 13.9. The van der Waals surface area contributed by atoms with E-state index in [-0.39, 0.29) is 22.4 Å². The van der Waals surface area contributed by atoms with Gasteiger partial charge in [-0.2, -0.15) is 23.0 Å². The summed E-state index contributed by atoms with van der Waals surface area (Å²) in [6.07, 6.45) is -1.51. The number of fused-ring (bicyclic) bond motifs is 2. The van der Waals surface area contributed by atoms with Gasteiger partial charge in [-0.25, -0.2) is 9.97 Å². The number of pyridine rings is 2. The van der Waals surface area contributed by atoms with Crippen LogP contribution in [-0.2, 0) is 6.18 Å². The third-order valence-electron chi connectivity index (χ3n) is 4.54. The predicted molar refractivity (Wildman–Crippen MR) is 105 cm³/mol. The van der Waals surface area contributed by atoms with Crippen LogP contribution < -0.4 is 0 Å². The largest absolute Gasteiger partial charge is 0.417 e. The second-order valence-electron chi connectivity index (χ2n) is 6.45. The van der Waals surface area contributed by atoms with Crippen molar-refractivity contribution in [2.45, 2.75) is 13.1 Å². The van der Waals surface area contributed by atoms with Crippen LogP contribution in [0.15, 0.2) is 54.9 Å². The minimum absolute atomic E-state index is 0.0237. The first kappa shape index (κ1) is 17.7. The van der Waals surface area contributed by atoms with Gasteiger partial charge in [0.2, 0.25) is 5.13 Å². The highest BCUT2D eigenvalue weighted by Gasteiger charge is 2.36. The van der Waals surface area contributed by atoms with Crippen LogP contribution in [0.5, 0.6) is 0 Å². The van der Waals surface area contributed by atoms with Crippen molar-refractivity contribution in [1.29, 1.82) is 0 Å². The molecule has 5 nitrogen and oxygen atoms in total. The topological polar surface area (TPSA) is 56.5 Å². The Hall–Kier alpha value is -3.33. The first-order chi connectivity index (χ1) is 13.9.